The van der Waals surface area contributed by atoms with Crippen molar-refractivity contribution in [1.82, 2.24) is 0 Å². The summed E-state index contributed by atoms with van der Waals surface area (Å²) in [4.78, 5) is 24.1. The number of cyclic esters (lactones) is 1. The average molecular weight is 280 g/mol. The van der Waals surface area contributed by atoms with Crippen molar-refractivity contribution in [2.75, 3.05) is 6.61 Å². The lowest BCUT2D eigenvalue weighted by atomic mass is 9.76. The molecule has 2 saturated carbocycles. The Labute approximate surface area is 120 Å². The smallest absolute Gasteiger partial charge is 0.312 e. The van der Waals surface area contributed by atoms with Gasteiger partial charge in [-0.05, 0) is 51.9 Å². The van der Waals surface area contributed by atoms with Crippen LogP contribution in [-0.4, -0.2) is 24.6 Å². The van der Waals surface area contributed by atoms with Gasteiger partial charge in [-0.1, -0.05) is 6.92 Å². The third-order valence-corrected chi connectivity index (χ3v) is 5.80. The lowest BCUT2D eigenvalue weighted by Gasteiger charge is -2.25. The van der Waals surface area contributed by atoms with Crippen LogP contribution in [-0.2, 0) is 19.1 Å². The first-order chi connectivity index (χ1) is 9.29. The molecule has 3 rings (SSSR count). The van der Waals surface area contributed by atoms with E-state index in [4.69, 9.17) is 9.47 Å². The fraction of sp³-hybridized carbons (Fsp3) is 0.875. The fourth-order valence-electron chi connectivity index (χ4n) is 3.98. The summed E-state index contributed by atoms with van der Waals surface area (Å²) >= 11 is 0. The Hall–Kier alpha value is -1.06. The molecule has 0 amide bonds. The van der Waals surface area contributed by atoms with Crippen LogP contribution in [0.1, 0.15) is 47.0 Å². The van der Waals surface area contributed by atoms with Gasteiger partial charge in [-0.2, -0.15) is 0 Å². The van der Waals surface area contributed by atoms with Crippen molar-refractivity contribution in [2.24, 2.45) is 28.6 Å². The Bertz CT molecular complexity index is 455. The lowest BCUT2D eigenvalue weighted by molar-refractivity contribution is -0.162. The minimum Gasteiger partial charge on any atom is -0.461 e. The molecule has 0 aromatic heterocycles. The third-order valence-electron chi connectivity index (χ3n) is 5.80. The first-order valence-corrected chi connectivity index (χ1v) is 7.68. The summed E-state index contributed by atoms with van der Waals surface area (Å²) in [5.41, 5.74) is -0.797. The third kappa shape index (κ3) is 1.87. The van der Waals surface area contributed by atoms with Gasteiger partial charge < -0.3 is 9.47 Å². The van der Waals surface area contributed by atoms with Crippen LogP contribution in [0.4, 0.5) is 0 Å². The Morgan fingerprint density at radius 3 is 2.85 bits per heavy atom. The maximum atomic E-state index is 12.1. The molecule has 2 aliphatic carbocycles. The summed E-state index contributed by atoms with van der Waals surface area (Å²) in [5, 5.41) is 0. The molecule has 3 fully saturated rings. The highest BCUT2D eigenvalue weighted by Gasteiger charge is 2.69. The Balaban J connectivity index is 1.64. The van der Waals surface area contributed by atoms with Gasteiger partial charge in [0.15, 0.2) is 0 Å². The van der Waals surface area contributed by atoms with E-state index in [2.05, 4.69) is 0 Å². The Kier molecular flexibility index (Phi) is 2.93. The van der Waals surface area contributed by atoms with Crippen LogP contribution in [0.5, 0.6) is 0 Å². The number of hydrogen-bond donors (Lipinski definition) is 0. The van der Waals surface area contributed by atoms with Crippen molar-refractivity contribution >= 4 is 11.9 Å². The molecule has 1 aliphatic heterocycles. The molecule has 3 aliphatic rings. The van der Waals surface area contributed by atoms with Crippen molar-refractivity contribution in [2.45, 2.75) is 53.1 Å². The number of rotatable bonds is 4. The van der Waals surface area contributed by atoms with Crippen LogP contribution in [0.25, 0.3) is 0 Å². The molecule has 0 N–H and O–H groups in total. The van der Waals surface area contributed by atoms with Crippen LogP contribution in [0.15, 0.2) is 0 Å². The van der Waals surface area contributed by atoms with Gasteiger partial charge in [0.25, 0.3) is 0 Å². The van der Waals surface area contributed by atoms with Crippen LogP contribution >= 0.6 is 0 Å². The number of carbonyl (C=O) groups is 2. The van der Waals surface area contributed by atoms with E-state index in [1.807, 2.05) is 27.7 Å². The highest BCUT2D eigenvalue weighted by molar-refractivity contribution is 5.80. The first-order valence-electron chi connectivity index (χ1n) is 7.68. The molecule has 0 bridgehead atoms. The minimum atomic E-state index is -0.469. The zero-order chi connectivity index (χ0) is 14.7. The summed E-state index contributed by atoms with van der Waals surface area (Å²) in [7, 11) is 0. The van der Waals surface area contributed by atoms with Crippen LogP contribution < -0.4 is 0 Å². The van der Waals surface area contributed by atoms with Crippen molar-refractivity contribution < 1.29 is 19.1 Å². The highest BCUT2D eigenvalue weighted by atomic mass is 16.6. The van der Waals surface area contributed by atoms with E-state index in [1.165, 1.54) is 6.42 Å². The number of ether oxygens (including phenoxy) is 2. The second-order valence-electron chi connectivity index (χ2n) is 7.59. The average Bonchev–Trinajstić information content (AvgIpc) is 2.99. The maximum absolute atomic E-state index is 12.1. The molecular weight excluding hydrogens is 256 g/mol. The molecule has 5 atom stereocenters. The van der Waals surface area contributed by atoms with Gasteiger partial charge in [0, 0.05) is 5.92 Å². The monoisotopic (exact) mass is 280 g/mol. The van der Waals surface area contributed by atoms with E-state index in [9.17, 15) is 9.59 Å². The van der Waals surface area contributed by atoms with Gasteiger partial charge >= 0.3 is 11.9 Å². The van der Waals surface area contributed by atoms with Gasteiger partial charge in [0.05, 0.1) is 10.8 Å². The summed E-state index contributed by atoms with van der Waals surface area (Å²) < 4.78 is 10.9. The molecule has 4 nitrogen and oxygen atoms in total. The van der Waals surface area contributed by atoms with E-state index in [1.54, 1.807) is 0 Å². The Morgan fingerprint density at radius 1 is 1.50 bits per heavy atom. The minimum absolute atomic E-state index is 0.0921. The first kappa shape index (κ1) is 13.9. The van der Waals surface area contributed by atoms with E-state index < -0.39 is 5.41 Å². The summed E-state index contributed by atoms with van der Waals surface area (Å²) in [6.07, 6.45) is 2.66. The van der Waals surface area contributed by atoms with Crippen molar-refractivity contribution in [1.29, 1.82) is 0 Å². The fourth-order valence-corrected chi connectivity index (χ4v) is 3.98. The summed E-state index contributed by atoms with van der Waals surface area (Å²) in [6.45, 7) is 7.97. The maximum Gasteiger partial charge on any atom is 0.312 e. The van der Waals surface area contributed by atoms with E-state index in [-0.39, 0.29) is 36.0 Å². The number of fused-ring (bicyclic) bond motifs is 3. The molecule has 20 heavy (non-hydrogen) atoms. The van der Waals surface area contributed by atoms with Crippen molar-refractivity contribution in [3.8, 4) is 0 Å². The zero-order valence-corrected chi connectivity index (χ0v) is 12.8. The molecule has 0 spiro atoms. The highest BCUT2D eigenvalue weighted by Crippen LogP contribution is 2.67. The van der Waals surface area contributed by atoms with E-state index in [0.29, 0.717) is 11.8 Å². The SMILES string of the molecule is CCC(C)(C)C(=O)OCC1OC(=O)C2(C)CC3CC3C12. The number of esters is 2. The normalized spacial score (nSPS) is 41.9. The zero-order valence-electron chi connectivity index (χ0n) is 12.8. The van der Waals surface area contributed by atoms with Crippen molar-refractivity contribution in [3.05, 3.63) is 0 Å². The molecule has 4 heteroatoms. The standard InChI is InChI=1S/C16H24O4/c1-5-15(2,3)13(17)19-8-11-12-10-6-9(10)7-16(12,4)14(18)20-11/h9-12H,5-8H2,1-4H3. The molecule has 112 valence electrons. The number of carbonyl (C=O) groups excluding carboxylic acids is 2. The van der Waals surface area contributed by atoms with Crippen LogP contribution in [0.2, 0.25) is 0 Å². The molecule has 0 radical (unpaired) electrons. The van der Waals surface area contributed by atoms with Gasteiger partial charge in [0.2, 0.25) is 0 Å². The van der Waals surface area contributed by atoms with Gasteiger partial charge in [-0.25, -0.2) is 0 Å². The second kappa shape index (κ2) is 4.22. The van der Waals surface area contributed by atoms with E-state index in [0.717, 1.165) is 12.8 Å². The second-order valence-corrected chi connectivity index (χ2v) is 7.59. The largest absolute Gasteiger partial charge is 0.461 e. The molecule has 5 unspecified atom stereocenters. The topological polar surface area (TPSA) is 52.6 Å². The molecular formula is C16H24O4. The lowest BCUT2D eigenvalue weighted by Crippen LogP contribution is -2.34. The summed E-state index contributed by atoms with van der Waals surface area (Å²) in [6, 6.07) is 0. The van der Waals surface area contributed by atoms with Crippen molar-refractivity contribution in [3.63, 3.8) is 0 Å². The van der Waals surface area contributed by atoms with E-state index >= 15 is 0 Å². The molecule has 1 heterocycles. The van der Waals surface area contributed by atoms with Crippen LogP contribution in [0.3, 0.4) is 0 Å². The quantitative estimate of drug-likeness (QED) is 0.743. The molecule has 0 aromatic carbocycles. The van der Waals surface area contributed by atoms with Gasteiger partial charge in [-0.3, -0.25) is 9.59 Å². The number of hydrogen-bond acceptors (Lipinski definition) is 4. The summed E-state index contributed by atoms with van der Waals surface area (Å²) in [5.74, 6) is 1.26. The van der Waals surface area contributed by atoms with Gasteiger partial charge in [-0.15, -0.1) is 0 Å². The molecule has 1 saturated heterocycles. The molecule has 0 aromatic rings. The predicted molar refractivity (Wildman–Crippen MR) is 72.7 cm³/mol. The van der Waals surface area contributed by atoms with Gasteiger partial charge in [0.1, 0.15) is 12.7 Å². The Morgan fingerprint density at radius 2 is 2.20 bits per heavy atom. The van der Waals surface area contributed by atoms with Crippen LogP contribution in [0, 0.1) is 28.6 Å². The predicted octanol–water partition coefficient (Wildman–Crippen LogP) is 2.55.